The lowest BCUT2D eigenvalue weighted by atomic mass is 10.2. The Kier molecular flexibility index (Phi) is 6.36. The maximum Gasteiger partial charge on any atom is 0.338 e. The molecule has 0 radical (unpaired) electrons. The smallest absolute Gasteiger partial charge is 0.338 e. The zero-order chi connectivity index (χ0) is 20.6. The second kappa shape index (κ2) is 9.32. The van der Waals surface area contributed by atoms with Crippen molar-refractivity contribution in [2.75, 3.05) is 24.4 Å². The molecule has 0 aliphatic rings. The summed E-state index contributed by atoms with van der Waals surface area (Å²) < 4.78 is 10.1. The van der Waals surface area contributed by atoms with Crippen molar-refractivity contribution < 1.29 is 19.1 Å². The minimum Gasteiger partial charge on any atom is -0.497 e. The van der Waals surface area contributed by atoms with Crippen LogP contribution in [0.2, 0.25) is 0 Å². The number of carbonyl (C=O) groups excluding carboxylic acids is 2. The molecule has 8 nitrogen and oxygen atoms in total. The Morgan fingerprint density at radius 2 is 1.79 bits per heavy atom. The molecule has 148 valence electrons. The van der Waals surface area contributed by atoms with Gasteiger partial charge in [0.1, 0.15) is 23.6 Å². The molecule has 0 saturated carbocycles. The first kappa shape index (κ1) is 19.8. The second-order valence-electron chi connectivity index (χ2n) is 5.90. The van der Waals surface area contributed by atoms with Crippen LogP contribution in [0.3, 0.4) is 0 Å². The average molecular weight is 392 g/mol. The third-order valence-corrected chi connectivity index (χ3v) is 3.90. The highest BCUT2D eigenvalue weighted by Gasteiger charge is 2.11. The van der Waals surface area contributed by atoms with Gasteiger partial charge in [-0.15, -0.1) is 0 Å². The van der Waals surface area contributed by atoms with Crippen LogP contribution in [-0.2, 0) is 4.74 Å². The second-order valence-corrected chi connectivity index (χ2v) is 5.90. The number of hydrogen-bond acceptors (Lipinski definition) is 7. The zero-order valence-electron chi connectivity index (χ0n) is 16.0. The van der Waals surface area contributed by atoms with Gasteiger partial charge in [-0.3, -0.25) is 4.79 Å². The molecule has 0 bridgehead atoms. The van der Waals surface area contributed by atoms with Gasteiger partial charge in [0.15, 0.2) is 0 Å². The Morgan fingerprint density at radius 3 is 2.52 bits per heavy atom. The van der Waals surface area contributed by atoms with Crippen molar-refractivity contribution in [2.45, 2.75) is 6.92 Å². The van der Waals surface area contributed by atoms with E-state index in [1.54, 1.807) is 44.4 Å². The number of amides is 1. The average Bonchev–Trinajstić information content (AvgIpc) is 2.74. The molecule has 0 atom stereocenters. The van der Waals surface area contributed by atoms with Crippen LogP contribution >= 0.6 is 0 Å². The summed E-state index contributed by atoms with van der Waals surface area (Å²) in [5, 5.41) is 5.84. The van der Waals surface area contributed by atoms with Gasteiger partial charge < -0.3 is 20.1 Å². The van der Waals surface area contributed by atoms with Gasteiger partial charge in [0, 0.05) is 23.5 Å². The van der Waals surface area contributed by atoms with E-state index in [0.717, 1.165) is 5.69 Å². The van der Waals surface area contributed by atoms with Crippen LogP contribution in [0.25, 0.3) is 0 Å². The highest BCUT2D eigenvalue weighted by molar-refractivity contribution is 6.03. The summed E-state index contributed by atoms with van der Waals surface area (Å²) in [6, 6.07) is 15.3. The Morgan fingerprint density at radius 1 is 1.00 bits per heavy atom. The largest absolute Gasteiger partial charge is 0.497 e. The van der Waals surface area contributed by atoms with Gasteiger partial charge in [0.25, 0.3) is 5.91 Å². The summed E-state index contributed by atoms with van der Waals surface area (Å²) in [5.41, 5.74) is 1.91. The number of aromatic nitrogens is 2. The Bertz CT molecular complexity index is 1010. The van der Waals surface area contributed by atoms with Crippen molar-refractivity contribution in [2.24, 2.45) is 0 Å². The first-order chi connectivity index (χ1) is 14.1. The van der Waals surface area contributed by atoms with Gasteiger partial charge >= 0.3 is 5.97 Å². The number of benzene rings is 2. The van der Waals surface area contributed by atoms with E-state index in [2.05, 4.69) is 20.6 Å². The molecule has 0 unspecified atom stereocenters. The van der Waals surface area contributed by atoms with Gasteiger partial charge in [-0.1, -0.05) is 6.07 Å². The normalized spacial score (nSPS) is 10.1. The fourth-order valence-corrected chi connectivity index (χ4v) is 2.50. The predicted octanol–water partition coefficient (Wildman–Crippen LogP) is 3.66. The quantitative estimate of drug-likeness (QED) is 0.592. The number of methoxy groups -OCH3 is 1. The van der Waals surface area contributed by atoms with Gasteiger partial charge in [-0.2, -0.15) is 0 Å². The minimum atomic E-state index is -0.408. The van der Waals surface area contributed by atoms with Crippen molar-refractivity contribution in [3.63, 3.8) is 0 Å². The number of nitrogens with zero attached hydrogens (tertiary/aromatic N) is 2. The fourth-order valence-electron chi connectivity index (χ4n) is 2.50. The molecule has 1 heterocycles. The lowest BCUT2D eigenvalue weighted by Gasteiger charge is -2.09. The first-order valence-corrected chi connectivity index (χ1v) is 8.90. The molecule has 1 aromatic heterocycles. The highest BCUT2D eigenvalue weighted by atomic mass is 16.5. The molecule has 2 aromatic carbocycles. The van der Waals surface area contributed by atoms with Crippen LogP contribution in [0.15, 0.2) is 60.9 Å². The summed E-state index contributed by atoms with van der Waals surface area (Å²) in [4.78, 5) is 32.3. The monoisotopic (exact) mass is 392 g/mol. The maximum atomic E-state index is 12.5. The van der Waals surface area contributed by atoms with Crippen molar-refractivity contribution in [1.82, 2.24) is 9.97 Å². The van der Waals surface area contributed by atoms with Crippen LogP contribution in [0, 0.1) is 0 Å². The topological polar surface area (TPSA) is 102 Å². The van der Waals surface area contributed by atoms with Crippen molar-refractivity contribution in [3.8, 4) is 5.75 Å². The van der Waals surface area contributed by atoms with E-state index >= 15 is 0 Å². The minimum absolute atomic E-state index is 0.194. The summed E-state index contributed by atoms with van der Waals surface area (Å²) in [5.74, 6) is 0.365. The molecule has 1 amide bonds. The van der Waals surface area contributed by atoms with Gasteiger partial charge in [0.2, 0.25) is 0 Å². The highest BCUT2D eigenvalue weighted by Crippen LogP contribution is 2.20. The number of hydrogen-bond donors (Lipinski definition) is 2. The molecule has 3 rings (SSSR count). The Hall–Kier alpha value is -3.94. The molecule has 8 heteroatoms. The summed E-state index contributed by atoms with van der Waals surface area (Å²) >= 11 is 0. The van der Waals surface area contributed by atoms with Gasteiger partial charge in [-0.05, 0) is 43.3 Å². The van der Waals surface area contributed by atoms with Crippen molar-refractivity contribution >= 4 is 29.1 Å². The predicted molar refractivity (Wildman–Crippen MR) is 109 cm³/mol. The summed E-state index contributed by atoms with van der Waals surface area (Å²) in [6.07, 6.45) is 1.31. The summed E-state index contributed by atoms with van der Waals surface area (Å²) in [7, 11) is 1.59. The van der Waals surface area contributed by atoms with Crippen LogP contribution in [0.5, 0.6) is 5.75 Å². The molecule has 29 heavy (non-hydrogen) atoms. The molecule has 0 saturated heterocycles. The number of ether oxygens (including phenoxy) is 2. The lowest BCUT2D eigenvalue weighted by Crippen LogP contribution is -2.14. The van der Waals surface area contributed by atoms with E-state index in [9.17, 15) is 9.59 Å². The van der Waals surface area contributed by atoms with Crippen LogP contribution in [-0.4, -0.2) is 35.6 Å². The van der Waals surface area contributed by atoms with Crippen LogP contribution in [0.4, 0.5) is 17.2 Å². The molecule has 3 aromatic rings. The summed E-state index contributed by atoms with van der Waals surface area (Å²) in [6.45, 7) is 2.04. The number of anilines is 3. The van der Waals surface area contributed by atoms with E-state index in [4.69, 9.17) is 9.47 Å². The molecule has 0 fully saturated rings. The third kappa shape index (κ3) is 5.29. The van der Waals surface area contributed by atoms with Crippen LogP contribution < -0.4 is 15.4 Å². The van der Waals surface area contributed by atoms with Crippen molar-refractivity contribution in [1.29, 1.82) is 0 Å². The first-order valence-electron chi connectivity index (χ1n) is 8.90. The van der Waals surface area contributed by atoms with Gasteiger partial charge in [0.05, 0.1) is 19.3 Å². The number of carbonyl (C=O) groups is 2. The molecule has 0 spiro atoms. The Balaban J connectivity index is 1.68. The third-order valence-electron chi connectivity index (χ3n) is 3.90. The van der Waals surface area contributed by atoms with E-state index in [1.807, 2.05) is 24.3 Å². The van der Waals surface area contributed by atoms with E-state index in [0.29, 0.717) is 29.4 Å². The number of rotatable bonds is 7. The molecule has 0 aliphatic carbocycles. The SMILES string of the molecule is CCOC(=O)c1ccc(NC(=O)c2cc(Nc3cccc(OC)c3)ncn2)cc1. The number of esters is 1. The van der Waals surface area contributed by atoms with E-state index in [1.165, 1.54) is 6.33 Å². The number of nitrogens with one attached hydrogen (secondary N) is 2. The maximum absolute atomic E-state index is 12.5. The standard InChI is InChI=1S/C21H20N4O4/c1-3-29-21(27)14-7-9-15(10-8-14)25-20(26)18-12-19(23-13-22-18)24-16-5-4-6-17(11-16)28-2/h4-13H,3H2,1-2H3,(H,25,26)(H,22,23,24). The van der Waals surface area contributed by atoms with E-state index < -0.39 is 11.9 Å². The van der Waals surface area contributed by atoms with Crippen LogP contribution in [0.1, 0.15) is 27.8 Å². The molecule has 0 aliphatic heterocycles. The van der Waals surface area contributed by atoms with Gasteiger partial charge in [-0.25, -0.2) is 14.8 Å². The fraction of sp³-hybridized carbons (Fsp3) is 0.143. The van der Waals surface area contributed by atoms with E-state index in [-0.39, 0.29) is 5.69 Å². The Labute approximate surface area is 167 Å². The lowest BCUT2D eigenvalue weighted by molar-refractivity contribution is 0.0526. The molecule has 2 N–H and O–H groups in total. The molecular formula is C21H20N4O4. The van der Waals surface area contributed by atoms with Crippen molar-refractivity contribution in [3.05, 3.63) is 72.2 Å². The molecular weight excluding hydrogens is 372 g/mol. The zero-order valence-corrected chi connectivity index (χ0v) is 16.0.